The van der Waals surface area contributed by atoms with Crippen molar-refractivity contribution < 1.29 is 37.0 Å². The molecule has 1 aromatic carbocycles. The SMILES string of the molecule is COC(=O)[C@@H](CC(=O)OC(C)(C)C)NC(=O)c1c(F)cc(F)cc1F. The molecule has 138 valence electrons. The van der Waals surface area contributed by atoms with Gasteiger partial charge in [0.05, 0.1) is 13.5 Å². The second-order valence-corrected chi connectivity index (χ2v) is 6.08. The molecule has 0 saturated heterocycles. The fourth-order valence-corrected chi connectivity index (χ4v) is 1.87. The third-order valence-electron chi connectivity index (χ3n) is 2.82. The fourth-order valence-electron chi connectivity index (χ4n) is 1.87. The van der Waals surface area contributed by atoms with Crippen molar-refractivity contribution in [3.8, 4) is 0 Å². The average molecular weight is 361 g/mol. The van der Waals surface area contributed by atoms with E-state index in [2.05, 4.69) is 4.74 Å². The second kappa shape index (κ2) is 8.00. The van der Waals surface area contributed by atoms with E-state index in [9.17, 15) is 27.6 Å². The van der Waals surface area contributed by atoms with Gasteiger partial charge in [-0.15, -0.1) is 0 Å². The molecule has 0 aliphatic carbocycles. The molecule has 1 amide bonds. The van der Waals surface area contributed by atoms with Crippen molar-refractivity contribution in [3.63, 3.8) is 0 Å². The van der Waals surface area contributed by atoms with E-state index >= 15 is 0 Å². The Hall–Kier alpha value is -2.58. The van der Waals surface area contributed by atoms with Gasteiger partial charge in [0.15, 0.2) is 0 Å². The fraction of sp³-hybridized carbons (Fsp3) is 0.438. The topological polar surface area (TPSA) is 81.7 Å². The number of amides is 1. The standard InChI is InChI=1S/C16H18F3NO5/c1-16(2,3)25-12(21)7-11(15(23)24-4)20-14(22)13-9(18)5-8(17)6-10(13)19/h5-6,11H,7H2,1-4H3,(H,20,22)/t11-/m1/s1. The molecule has 0 spiro atoms. The van der Waals surface area contributed by atoms with Crippen molar-refractivity contribution in [2.75, 3.05) is 7.11 Å². The van der Waals surface area contributed by atoms with Crippen LogP contribution in [0.2, 0.25) is 0 Å². The van der Waals surface area contributed by atoms with Gasteiger partial charge < -0.3 is 14.8 Å². The summed E-state index contributed by atoms with van der Waals surface area (Å²) in [6, 6.07) is -0.894. The van der Waals surface area contributed by atoms with Crippen molar-refractivity contribution in [2.45, 2.75) is 38.8 Å². The van der Waals surface area contributed by atoms with Crippen LogP contribution in [0.1, 0.15) is 37.6 Å². The molecular formula is C16H18F3NO5. The van der Waals surface area contributed by atoms with E-state index in [1.54, 1.807) is 20.8 Å². The van der Waals surface area contributed by atoms with Gasteiger partial charge in [0.2, 0.25) is 0 Å². The summed E-state index contributed by atoms with van der Waals surface area (Å²) in [5.41, 5.74) is -1.92. The van der Waals surface area contributed by atoms with Gasteiger partial charge in [0.1, 0.15) is 34.7 Å². The minimum atomic E-state index is -1.53. The Balaban J connectivity index is 2.98. The van der Waals surface area contributed by atoms with Crippen LogP contribution in [0.15, 0.2) is 12.1 Å². The lowest BCUT2D eigenvalue weighted by Gasteiger charge is -2.22. The lowest BCUT2D eigenvalue weighted by Crippen LogP contribution is -2.44. The largest absolute Gasteiger partial charge is 0.467 e. The molecule has 9 heteroatoms. The highest BCUT2D eigenvalue weighted by Crippen LogP contribution is 2.16. The van der Waals surface area contributed by atoms with Crippen LogP contribution in [0.5, 0.6) is 0 Å². The van der Waals surface area contributed by atoms with Gasteiger partial charge >= 0.3 is 11.9 Å². The molecule has 25 heavy (non-hydrogen) atoms. The van der Waals surface area contributed by atoms with E-state index < -0.39 is 58.9 Å². The van der Waals surface area contributed by atoms with Crippen LogP contribution >= 0.6 is 0 Å². The van der Waals surface area contributed by atoms with Gasteiger partial charge in [0.25, 0.3) is 5.91 Å². The molecule has 0 aliphatic rings. The van der Waals surface area contributed by atoms with Crippen molar-refractivity contribution >= 4 is 17.8 Å². The molecule has 1 N–H and O–H groups in total. The van der Waals surface area contributed by atoms with E-state index in [0.29, 0.717) is 12.1 Å². The number of halogens is 3. The number of hydrogen-bond acceptors (Lipinski definition) is 5. The highest BCUT2D eigenvalue weighted by molar-refractivity contribution is 5.98. The van der Waals surface area contributed by atoms with Crippen molar-refractivity contribution in [2.24, 2.45) is 0 Å². The quantitative estimate of drug-likeness (QED) is 0.813. The first kappa shape index (κ1) is 20.5. The van der Waals surface area contributed by atoms with Crippen LogP contribution < -0.4 is 5.32 Å². The molecule has 1 aromatic rings. The second-order valence-electron chi connectivity index (χ2n) is 6.08. The predicted octanol–water partition coefficient (Wildman–Crippen LogP) is 2.11. The molecule has 0 aromatic heterocycles. The normalized spacial score (nSPS) is 12.3. The molecule has 0 aliphatic heterocycles. The average Bonchev–Trinajstić information content (AvgIpc) is 2.42. The zero-order chi connectivity index (χ0) is 19.4. The number of methoxy groups -OCH3 is 1. The van der Waals surface area contributed by atoms with E-state index in [1.165, 1.54) is 0 Å². The predicted molar refractivity (Wildman–Crippen MR) is 80.0 cm³/mol. The van der Waals surface area contributed by atoms with Crippen molar-refractivity contribution in [3.05, 3.63) is 35.1 Å². The summed E-state index contributed by atoms with van der Waals surface area (Å²) in [6.07, 6.45) is -0.611. The van der Waals surface area contributed by atoms with Crippen LogP contribution in [0.25, 0.3) is 0 Å². The molecule has 0 saturated carbocycles. The van der Waals surface area contributed by atoms with Gasteiger partial charge in [-0.25, -0.2) is 18.0 Å². The first-order valence-electron chi connectivity index (χ1n) is 7.19. The molecule has 0 bridgehead atoms. The van der Waals surface area contributed by atoms with Gasteiger partial charge in [-0.3, -0.25) is 9.59 Å². The Bertz CT molecular complexity index is 662. The lowest BCUT2D eigenvalue weighted by atomic mass is 10.1. The molecule has 0 unspecified atom stereocenters. The summed E-state index contributed by atoms with van der Waals surface area (Å²) in [7, 11) is 1.01. The van der Waals surface area contributed by atoms with Crippen molar-refractivity contribution in [1.29, 1.82) is 0 Å². The maximum atomic E-state index is 13.6. The Kier molecular flexibility index (Phi) is 6.55. The van der Waals surface area contributed by atoms with Gasteiger partial charge in [-0.2, -0.15) is 0 Å². The third-order valence-corrected chi connectivity index (χ3v) is 2.82. The third kappa shape index (κ3) is 6.09. The summed E-state index contributed by atoms with van der Waals surface area (Å²) in [5.74, 6) is -7.28. The smallest absolute Gasteiger partial charge is 0.328 e. The number of esters is 2. The summed E-state index contributed by atoms with van der Waals surface area (Å²) < 4.78 is 49.6. The van der Waals surface area contributed by atoms with Crippen LogP contribution in [0, 0.1) is 17.5 Å². The van der Waals surface area contributed by atoms with Gasteiger partial charge in [-0.05, 0) is 20.8 Å². The van der Waals surface area contributed by atoms with E-state index in [1.807, 2.05) is 5.32 Å². The number of ether oxygens (including phenoxy) is 2. The van der Waals surface area contributed by atoms with Crippen molar-refractivity contribution in [1.82, 2.24) is 5.32 Å². The molecule has 0 fully saturated rings. The Morgan fingerprint density at radius 3 is 2.08 bits per heavy atom. The molecule has 0 radical (unpaired) electrons. The summed E-state index contributed by atoms with van der Waals surface area (Å²) in [4.78, 5) is 35.5. The molecule has 1 rings (SSSR count). The van der Waals surface area contributed by atoms with Crippen LogP contribution in [-0.4, -0.2) is 36.6 Å². The summed E-state index contributed by atoms with van der Waals surface area (Å²) >= 11 is 0. The number of rotatable bonds is 5. The number of benzene rings is 1. The number of carbonyl (C=O) groups excluding carboxylic acids is 3. The summed E-state index contributed by atoms with van der Waals surface area (Å²) in [6.45, 7) is 4.79. The Morgan fingerprint density at radius 1 is 1.12 bits per heavy atom. The van der Waals surface area contributed by atoms with E-state index in [4.69, 9.17) is 4.74 Å². The molecule has 6 nitrogen and oxygen atoms in total. The van der Waals surface area contributed by atoms with Gasteiger partial charge in [0, 0.05) is 12.1 Å². The first-order valence-corrected chi connectivity index (χ1v) is 7.19. The minimum absolute atomic E-state index is 0.318. The maximum absolute atomic E-state index is 13.6. The number of hydrogen-bond donors (Lipinski definition) is 1. The Labute approximate surface area is 142 Å². The maximum Gasteiger partial charge on any atom is 0.328 e. The zero-order valence-electron chi connectivity index (χ0n) is 14.1. The highest BCUT2D eigenvalue weighted by atomic mass is 19.1. The molecule has 1 atom stereocenters. The minimum Gasteiger partial charge on any atom is -0.467 e. The first-order chi connectivity index (χ1) is 11.4. The number of carbonyl (C=O) groups is 3. The van der Waals surface area contributed by atoms with Crippen LogP contribution in [0.4, 0.5) is 13.2 Å². The van der Waals surface area contributed by atoms with Crippen LogP contribution in [-0.2, 0) is 19.1 Å². The van der Waals surface area contributed by atoms with E-state index in [0.717, 1.165) is 7.11 Å². The van der Waals surface area contributed by atoms with Crippen LogP contribution in [0.3, 0.4) is 0 Å². The van der Waals surface area contributed by atoms with Gasteiger partial charge in [-0.1, -0.05) is 0 Å². The Morgan fingerprint density at radius 2 is 1.64 bits per heavy atom. The number of nitrogens with one attached hydrogen (secondary N) is 1. The highest BCUT2D eigenvalue weighted by Gasteiger charge is 2.30. The monoisotopic (exact) mass is 361 g/mol. The molecular weight excluding hydrogens is 343 g/mol. The lowest BCUT2D eigenvalue weighted by molar-refractivity contribution is -0.158. The molecule has 0 heterocycles. The van der Waals surface area contributed by atoms with E-state index in [-0.39, 0.29) is 0 Å². The summed E-state index contributed by atoms with van der Waals surface area (Å²) in [5, 5.41) is 1.99. The zero-order valence-corrected chi connectivity index (χ0v) is 14.1.